The van der Waals surface area contributed by atoms with E-state index >= 15 is 0 Å². The van der Waals surface area contributed by atoms with Gasteiger partial charge in [-0.2, -0.15) is 0 Å². The Kier molecular flexibility index (Phi) is 5.30. The maximum Gasteiger partial charge on any atom is 0.180 e. The Hall–Kier alpha value is -1.40. The van der Waals surface area contributed by atoms with E-state index in [1.54, 1.807) is 0 Å². The standard InChI is InChI=1S/C14H22N2O3S/c1-4-14(2,3)19-9-10-20(17,18)12-7-5-11(6-8-12)13(15)16/h5-8H,4,9-10H2,1-3H3,(H3,15,16). The van der Waals surface area contributed by atoms with E-state index in [1.807, 2.05) is 20.8 Å². The number of amidine groups is 1. The van der Waals surface area contributed by atoms with E-state index in [-0.39, 0.29) is 28.7 Å². The second-order valence-corrected chi connectivity index (χ2v) is 7.33. The molecule has 0 bridgehead atoms. The molecule has 112 valence electrons. The Balaban J connectivity index is 2.72. The minimum absolute atomic E-state index is 0.0597. The monoisotopic (exact) mass is 298 g/mol. The smallest absolute Gasteiger partial charge is 0.180 e. The number of benzene rings is 1. The summed E-state index contributed by atoms with van der Waals surface area (Å²) in [5.74, 6) is -0.141. The molecule has 0 amide bonds. The molecule has 0 aliphatic carbocycles. The third-order valence-corrected chi connectivity index (χ3v) is 4.92. The molecule has 0 saturated carbocycles. The molecular formula is C14H22N2O3S. The molecule has 0 heterocycles. The number of rotatable bonds is 7. The minimum atomic E-state index is -3.37. The predicted octanol–water partition coefficient (Wildman–Crippen LogP) is 1.95. The van der Waals surface area contributed by atoms with Gasteiger partial charge < -0.3 is 10.5 Å². The lowest BCUT2D eigenvalue weighted by atomic mass is 10.1. The third kappa shape index (κ3) is 4.61. The fourth-order valence-electron chi connectivity index (χ4n) is 1.49. The SMILES string of the molecule is CCC(C)(C)OCCS(=O)(=O)c1ccc(C(=N)N)cc1. The Morgan fingerprint density at radius 3 is 2.30 bits per heavy atom. The molecule has 20 heavy (non-hydrogen) atoms. The zero-order valence-electron chi connectivity index (χ0n) is 12.1. The van der Waals surface area contributed by atoms with Gasteiger partial charge in [-0.05, 0) is 32.4 Å². The Labute approximate surface area is 120 Å². The van der Waals surface area contributed by atoms with E-state index < -0.39 is 9.84 Å². The number of nitrogens with one attached hydrogen (secondary N) is 1. The van der Waals surface area contributed by atoms with Crippen LogP contribution in [0.2, 0.25) is 0 Å². The van der Waals surface area contributed by atoms with Crippen molar-refractivity contribution < 1.29 is 13.2 Å². The Bertz CT molecular complexity index is 563. The van der Waals surface area contributed by atoms with Crippen molar-refractivity contribution >= 4 is 15.7 Å². The van der Waals surface area contributed by atoms with Gasteiger partial charge in [-0.1, -0.05) is 19.1 Å². The van der Waals surface area contributed by atoms with E-state index in [4.69, 9.17) is 15.9 Å². The van der Waals surface area contributed by atoms with Gasteiger partial charge in [0.25, 0.3) is 0 Å². The van der Waals surface area contributed by atoms with Crippen LogP contribution in [0.3, 0.4) is 0 Å². The van der Waals surface area contributed by atoms with E-state index in [2.05, 4.69) is 0 Å². The van der Waals surface area contributed by atoms with Crippen LogP contribution in [0.15, 0.2) is 29.2 Å². The molecule has 5 nitrogen and oxygen atoms in total. The molecule has 6 heteroatoms. The number of ether oxygens (including phenoxy) is 1. The first-order chi connectivity index (χ1) is 9.18. The van der Waals surface area contributed by atoms with Crippen molar-refractivity contribution in [1.82, 2.24) is 0 Å². The molecule has 0 saturated heterocycles. The van der Waals surface area contributed by atoms with Crippen LogP contribution in [-0.4, -0.2) is 32.2 Å². The lowest BCUT2D eigenvalue weighted by molar-refractivity contribution is -0.0114. The molecule has 1 rings (SSSR count). The van der Waals surface area contributed by atoms with Crippen molar-refractivity contribution in [2.75, 3.05) is 12.4 Å². The van der Waals surface area contributed by atoms with Crippen LogP contribution >= 0.6 is 0 Å². The summed E-state index contributed by atoms with van der Waals surface area (Å²) in [5, 5.41) is 7.27. The number of nitrogen functional groups attached to an aromatic ring is 1. The van der Waals surface area contributed by atoms with Crippen molar-refractivity contribution in [3.05, 3.63) is 29.8 Å². The predicted molar refractivity (Wildman–Crippen MR) is 79.8 cm³/mol. The highest BCUT2D eigenvalue weighted by Crippen LogP contribution is 2.16. The Morgan fingerprint density at radius 1 is 1.30 bits per heavy atom. The van der Waals surface area contributed by atoms with E-state index in [1.165, 1.54) is 24.3 Å². The first-order valence-corrected chi connectivity index (χ1v) is 8.14. The lowest BCUT2D eigenvalue weighted by Crippen LogP contribution is -2.26. The molecule has 1 aromatic rings. The summed E-state index contributed by atoms with van der Waals surface area (Å²) < 4.78 is 29.8. The van der Waals surface area contributed by atoms with Crippen molar-refractivity contribution in [3.63, 3.8) is 0 Å². The van der Waals surface area contributed by atoms with Crippen LogP contribution < -0.4 is 5.73 Å². The third-order valence-electron chi connectivity index (χ3n) is 3.22. The van der Waals surface area contributed by atoms with Gasteiger partial charge in [-0.15, -0.1) is 0 Å². The lowest BCUT2D eigenvalue weighted by Gasteiger charge is -2.23. The number of hydrogen-bond donors (Lipinski definition) is 2. The second kappa shape index (κ2) is 6.37. The number of sulfone groups is 1. The quantitative estimate of drug-likeness (QED) is 0.594. The van der Waals surface area contributed by atoms with Gasteiger partial charge in [0.05, 0.1) is 22.9 Å². The normalized spacial score (nSPS) is 12.3. The molecule has 0 atom stereocenters. The average Bonchev–Trinajstić information content (AvgIpc) is 2.38. The van der Waals surface area contributed by atoms with Gasteiger partial charge in [0.15, 0.2) is 9.84 Å². The van der Waals surface area contributed by atoms with E-state index in [0.717, 1.165) is 6.42 Å². The van der Waals surface area contributed by atoms with Gasteiger partial charge in [0.2, 0.25) is 0 Å². The molecule has 0 aliphatic heterocycles. The van der Waals surface area contributed by atoms with Crippen molar-refractivity contribution in [1.29, 1.82) is 5.41 Å². The molecular weight excluding hydrogens is 276 g/mol. The molecule has 0 aliphatic rings. The average molecular weight is 298 g/mol. The summed E-state index contributed by atoms with van der Waals surface area (Å²) in [4.78, 5) is 0.223. The topological polar surface area (TPSA) is 93.2 Å². The van der Waals surface area contributed by atoms with Gasteiger partial charge in [-0.3, -0.25) is 5.41 Å². The number of hydrogen-bond acceptors (Lipinski definition) is 4. The number of nitrogens with two attached hydrogens (primary N) is 1. The van der Waals surface area contributed by atoms with Crippen molar-refractivity contribution in [2.24, 2.45) is 5.73 Å². The second-order valence-electron chi connectivity index (χ2n) is 5.22. The molecule has 0 unspecified atom stereocenters. The van der Waals surface area contributed by atoms with Crippen molar-refractivity contribution in [2.45, 2.75) is 37.7 Å². The molecule has 0 radical (unpaired) electrons. The summed E-state index contributed by atoms with van der Waals surface area (Å²) >= 11 is 0. The summed E-state index contributed by atoms with van der Waals surface area (Å²) in [6.07, 6.45) is 0.820. The van der Waals surface area contributed by atoms with Crippen molar-refractivity contribution in [3.8, 4) is 0 Å². The molecule has 0 fully saturated rings. The minimum Gasteiger partial charge on any atom is -0.384 e. The fourth-order valence-corrected chi connectivity index (χ4v) is 2.58. The largest absolute Gasteiger partial charge is 0.384 e. The van der Waals surface area contributed by atoms with Crippen LogP contribution in [0.4, 0.5) is 0 Å². The summed E-state index contributed by atoms with van der Waals surface area (Å²) in [5.41, 5.74) is 5.53. The molecule has 0 aromatic heterocycles. The molecule has 1 aromatic carbocycles. The van der Waals surface area contributed by atoms with Crippen LogP contribution in [0.5, 0.6) is 0 Å². The van der Waals surface area contributed by atoms with Crippen LogP contribution in [0.25, 0.3) is 0 Å². The van der Waals surface area contributed by atoms with Gasteiger partial charge in [0, 0.05) is 5.56 Å². The highest BCUT2D eigenvalue weighted by atomic mass is 32.2. The van der Waals surface area contributed by atoms with Gasteiger partial charge in [0.1, 0.15) is 5.84 Å². The van der Waals surface area contributed by atoms with Gasteiger partial charge in [-0.25, -0.2) is 8.42 Å². The first kappa shape index (κ1) is 16.7. The molecule has 3 N–H and O–H groups in total. The fraction of sp³-hybridized carbons (Fsp3) is 0.500. The van der Waals surface area contributed by atoms with Crippen LogP contribution in [0.1, 0.15) is 32.8 Å². The maximum absolute atomic E-state index is 12.1. The summed E-state index contributed by atoms with van der Waals surface area (Å²) in [6.45, 7) is 6.02. The van der Waals surface area contributed by atoms with E-state index in [9.17, 15) is 8.42 Å². The molecule has 0 spiro atoms. The van der Waals surface area contributed by atoms with Gasteiger partial charge >= 0.3 is 0 Å². The highest BCUT2D eigenvalue weighted by molar-refractivity contribution is 7.91. The first-order valence-electron chi connectivity index (χ1n) is 6.49. The summed E-state index contributed by atoms with van der Waals surface area (Å²) in [7, 11) is -3.37. The highest BCUT2D eigenvalue weighted by Gasteiger charge is 2.19. The van der Waals surface area contributed by atoms with E-state index in [0.29, 0.717) is 5.56 Å². The Morgan fingerprint density at radius 2 is 1.85 bits per heavy atom. The maximum atomic E-state index is 12.1. The summed E-state index contributed by atoms with van der Waals surface area (Å²) in [6, 6.07) is 6.01. The van der Waals surface area contributed by atoms with Crippen LogP contribution in [-0.2, 0) is 14.6 Å². The zero-order valence-corrected chi connectivity index (χ0v) is 13.0. The van der Waals surface area contributed by atoms with Crippen LogP contribution in [0, 0.1) is 5.41 Å². The zero-order chi connectivity index (χ0) is 15.4.